The van der Waals surface area contributed by atoms with Gasteiger partial charge in [0, 0.05) is 19.6 Å². The Hall–Kier alpha value is -0.980. The first-order valence-corrected chi connectivity index (χ1v) is 6.34. The van der Waals surface area contributed by atoms with Crippen LogP contribution in [0.4, 0.5) is 0 Å². The van der Waals surface area contributed by atoms with Crippen LogP contribution in [0.3, 0.4) is 0 Å². The lowest BCUT2D eigenvalue weighted by molar-refractivity contribution is 0.340. The number of rotatable bonds is 5. The molecule has 0 bridgehead atoms. The molecule has 0 atom stereocenters. The maximum absolute atomic E-state index is 5.47. The van der Waals surface area contributed by atoms with Crippen LogP contribution in [0.15, 0.2) is 29.3 Å². The summed E-state index contributed by atoms with van der Waals surface area (Å²) in [6.45, 7) is 7.57. The Labute approximate surface area is 133 Å². The molecule has 0 saturated heterocycles. The highest BCUT2D eigenvalue weighted by atomic mass is 127. The van der Waals surface area contributed by atoms with Crippen LogP contribution in [0.2, 0.25) is 0 Å². The van der Waals surface area contributed by atoms with Crippen LogP contribution in [-0.2, 0) is 6.54 Å². The van der Waals surface area contributed by atoms with Crippen LogP contribution >= 0.6 is 24.0 Å². The summed E-state index contributed by atoms with van der Waals surface area (Å²) >= 11 is 0. The second kappa shape index (κ2) is 9.89. The van der Waals surface area contributed by atoms with Gasteiger partial charge in [-0.25, -0.2) is 0 Å². The normalized spacial score (nSPS) is 10.9. The van der Waals surface area contributed by atoms with Crippen molar-refractivity contribution in [2.24, 2.45) is 4.99 Å². The predicted octanol–water partition coefficient (Wildman–Crippen LogP) is 2.78. The molecule has 5 heteroatoms. The Morgan fingerprint density at radius 2 is 2.11 bits per heavy atom. The lowest BCUT2D eigenvalue weighted by atomic mass is 10.2. The third-order valence-corrected chi connectivity index (χ3v) is 2.32. The van der Waals surface area contributed by atoms with Gasteiger partial charge >= 0.3 is 0 Å². The van der Waals surface area contributed by atoms with Gasteiger partial charge in [-0.2, -0.15) is 0 Å². The van der Waals surface area contributed by atoms with Crippen LogP contribution in [-0.4, -0.2) is 25.7 Å². The van der Waals surface area contributed by atoms with Gasteiger partial charge in [0.25, 0.3) is 0 Å². The van der Waals surface area contributed by atoms with Crippen LogP contribution in [0, 0.1) is 0 Å². The lowest BCUT2D eigenvalue weighted by Gasteiger charge is -2.14. The second-order valence-electron chi connectivity index (χ2n) is 4.31. The summed E-state index contributed by atoms with van der Waals surface area (Å²) in [5.74, 6) is 1.72. The first kappa shape index (κ1) is 18.0. The summed E-state index contributed by atoms with van der Waals surface area (Å²) in [5.41, 5.74) is 1.17. The van der Waals surface area contributed by atoms with E-state index in [1.54, 1.807) is 7.05 Å². The topological polar surface area (TPSA) is 45.6 Å². The Morgan fingerprint density at radius 3 is 2.68 bits per heavy atom. The van der Waals surface area contributed by atoms with Gasteiger partial charge < -0.3 is 15.4 Å². The Balaban J connectivity index is 0.00000324. The van der Waals surface area contributed by atoms with Crippen LogP contribution in [0.5, 0.6) is 5.75 Å². The fourth-order valence-electron chi connectivity index (χ4n) is 1.57. The SMILES string of the molecule is CCOc1cccc(CNC(=NC)NC(C)C)c1.I. The van der Waals surface area contributed by atoms with Gasteiger partial charge in [-0.05, 0) is 38.5 Å². The molecule has 0 aliphatic rings. The zero-order valence-electron chi connectivity index (χ0n) is 12.1. The van der Waals surface area contributed by atoms with Crippen molar-refractivity contribution in [3.8, 4) is 5.75 Å². The monoisotopic (exact) mass is 377 g/mol. The third-order valence-electron chi connectivity index (χ3n) is 2.32. The predicted molar refractivity (Wildman–Crippen MR) is 91.5 cm³/mol. The molecule has 0 aliphatic carbocycles. The van der Waals surface area contributed by atoms with E-state index in [9.17, 15) is 0 Å². The molecule has 0 aromatic heterocycles. The molecule has 1 rings (SSSR count). The number of hydrogen-bond acceptors (Lipinski definition) is 2. The number of halogens is 1. The lowest BCUT2D eigenvalue weighted by Crippen LogP contribution is -2.40. The van der Waals surface area contributed by atoms with E-state index in [0.717, 1.165) is 18.3 Å². The van der Waals surface area contributed by atoms with Crippen molar-refractivity contribution in [3.63, 3.8) is 0 Å². The van der Waals surface area contributed by atoms with Crippen molar-refractivity contribution < 1.29 is 4.74 Å². The summed E-state index contributed by atoms with van der Waals surface area (Å²) in [5, 5.41) is 6.52. The standard InChI is InChI=1S/C14H23N3O.HI/c1-5-18-13-8-6-7-12(9-13)10-16-14(15-4)17-11(2)3;/h6-9,11H,5,10H2,1-4H3,(H2,15,16,17);1H. The molecule has 0 unspecified atom stereocenters. The molecule has 2 N–H and O–H groups in total. The number of aliphatic imine (C=N–C) groups is 1. The molecule has 0 heterocycles. The minimum Gasteiger partial charge on any atom is -0.494 e. The molecule has 0 spiro atoms. The van der Waals surface area contributed by atoms with E-state index in [4.69, 9.17) is 4.74 Å². The van der Waals surface area contributed by atoms with E-state index in [1.807, 2.05) is 25.1 Å². The van der Waals surface area contributed by atoms with Crippen molar-refractivity contribution in [2.75, 3.05) is 13.7 Å². The number of guanidine groups is 1. The van der Waals surface area contributed by atoms with E-state index < -0.39 is 0 Å². The molecular formula is C14H24IN3O. The first-order chi connectivity index (χ1) is 8.65. The smallest absolute Gasteiger partial charge is 0.191 e. The van der Waals surface area contributed by atoms with Gasteiger partial charge in [-0.15, -0.1) is 24.0 Å². The van der Waals surface area contributed by atoms with Crippen molar-refractivity contribution in [3.05, 3.63) is 29.8 Å². The number of ether oxygens (including phenoxy) is 1. The molecule has 4 nitrogen and oxygen atoms in total. The Kier molecular flexibility index (Phi) is 9.38. The van der Waals surface area contributed by atoms with Crippen LogP contribution in [0.1, 0.15) is 26.3 Å². The minimum absolute atomic E-state index is 0. The molecule has 0 aliphatic heterocycles. The zero-order chi connectivity index (χ0) is 13.4. The maximum Gasteiger partial charge on any atom is 0.191 e. The summed E-state index contributed by atoms with van der Waals surface area (Å²) < 4.78 is 5.47. The molecule has 0 amide bonds. The van der Waals surface area contributed by atoms with Gasteiger partial charge in [-0.1, -0.05) is 12.1 Å². The quantitative estimate of drug-likeness (QED) is 0.471. The minimum atomic E-state index is 0. The molecule has 1 aromatic carbocycles. The average Bonchev–Trinajstić information content (AvgIpc) is 2.35. The van der Waals surface area contributed by atoms with Crippen molar-refractivity contribution in [1.29, 1.82) is 0 Å². The van der Waals surface area contributed by atoms with Gasteiger partial charge in [0.1, 0.15) is 5.75 Å². The van der Waals surface area contributed by atoms with Crippen molar-refractivity contribution >= 4 is 29.9 Å². The van der Waals surface area contributed by atoms with Gasteiger partial charge in [0.15, 0.2) is 5.96 Å². The highest BCUT2D eigenvalue weighted by molar-refractivity contribution is 14.0. The second-order valence-corrected chi connectivity index (χ2v) is 4.31. The van der Waals surface area contributed by atoms with Crippen molar-refractivity contribution in [2.45, 2.75) is 33.4 Å². The molecule has 0 saturated carbocycles. The molecule has 108 valence electrons. The van der Waals surface area contributed by atoms with Crippen molar-refractivity contribution in [1.82, 2.24) is 10.6 Å². The third kappa shape index (κ3) is 7.25. The van der Waals surface area contributed by atoms with E-state index in [0.29, 0.717) is 12.6 Å². The van der Waals surface area contributed by atoms with E-state index in [-0.39, 0.29) is 24.0 Å². The number of benzene rings is 1. The molecule has 19 heavy (non-hydrogen) atoms. The summed E-state index contributed by atoms with van der Waals surface area (Å²) in [4.78, 5) is 4.17. The molecule has 0 fully saturated rings. The largest absolute Gasteiger partial charge is 0.494 e. The number of nitrogens with zero attached hydrogens (tertiary/aromatic N) is 1. The Bertz CT molecular complexity index is 394. The summed E-state index contributed by atoms with van der Waals surface area (Å²) in [6, 6.07) is 8.44. The van der Waals surface area contributed by atoms with Gasteiger partial charge in [0.2, 0.25) is 0 Å². The van der Waals surface area contributed by atoms with E-state index in [1.165, 1.54) is 5.56 Å². The fraction of sp³-hybridized carbons (Fsp3) is 0.500. The summed E-state index contributed by atoms with van der Waals surface area (Å²) in [6.07, 6.45) is 0. The first-order valence-electron chi connectivity index (χ1n) is 6.34. The van der Waals surface area contributed by atoms with E-state index in [2.05, 4.69) is 35.5 Å². The van der Waals surface area contributed by atoms with Gasteiger partial charge in [0.05, 0.1) is 6.61 Å². The highest BCUT2D eigenvalue weighted by Gasteiger charge is 2.01. The summed E-state index contributed by atoms with van der Waals surface area (Å²) in [7, 11) is 1.77. The number of hydrogen-bond donors (Lipinski definition) is 2. The Morgan fingerprint density at radius 1 is 1.37 bits per heavy atom. The van der Waals surface area contributed by atoms with Gasteiger partial charge in [-0.3, -0.25) is 4.99 Å². The zero-order valence-corrected chi connectivity index (χ0v) is 14.4. The van der Waals surface area contributed by atoms with E-state index >= 15 is 0 Å². The molecule has 0 radical (unpaired) electrons. The van der Waals surface area contributed by atoms with Crippen LogP contribution < -0.4 is 15.4 Å². The maximum atomic E-state index is 5.47. The molecular weight excluding hydrogens is 353 g/mol. The highest BCUT2D eigenvalue weighted by Crippen LogP contribution is 2.12. The van der Waals surface area contributed by atoms with Crippen LogP contribution in [0.25, 0.3) is 0 Å². The number of nitrogens with one attached hydrogen (secondary N) is 2. The molecule has 1 aromatic rings. The fourth-order valence-corrected chi connectivity index (χ4v) is 1.57. The average molecular weight is 377 g/mol.